The summed E-state index contributed by atoms with van der Waals surface area (Å²) >= 11 is 0. The summed E-state index contributed by atoms with van der Waals surface area (Å²) in [4.78, 5) is 32.2. The maximum absolute atomic E-state index is 13.4. The number of nitrogens with zero attached hydrogens (tertiary/aromatic N) is 5. The van der Waals surface area contributed by atoms with Gasteiger partial charge in [0.1, 0.15) is 17.7 Å². The minimum atomic E-state index is -0.902. The Balaban J connectivity index is 1.29. The number of aliphatic hydroxyl groups is 1. The first kappa shape index (κ1) is 24.7. The number of piperazine rings is 1. The Bertz CT molecular complexity index is 1110. The fraction of sp³-hybridized carbons (Fsp3) is 0.577. The Morgan fingerprint density at radius 2 is 1.86 bits per heavy atom. The third kappa shape index (κ3) is 4.48. The van der Waals surface area contributed by atoms with Gasteiger partial charge in [-0.05, 0) is 51.0 Å². The van der Waals surface area contributed by atoms with Crippen LogP contribution in [-0.4, -0.2) is 87.0 Å². The van der Waals surface area contributed by atoms with E-state index in [2.05, 4.69) is 15.3 Å². The lowest BCUT2D eigenvalue weighted by Gasteiger charge is -2.47. The highest BCUT2D eigenvalue weighted by atomic mass is 19.1. The molecule has 1 saturated heterocycles. The molecule has 194 valence electrons. The van der Waals surface area contributed by atoms with Gasteiger partial charge in [-0.15, -0.1) is 0 Å². The van der Waals surface area contributed by atoms with Crippen LogP contribution in [0.2, 0.25) is 0 Å². The van der Waals surface area contributed by atoms with E-state index in [0.29, 0.717) is 45.0 Å². The van der Waals surface area contributed by atoms with Gasteiger partial charge in [-0.3, -0.25) is 19.6 Å². The number of carbonyl (C=O) groups is 2. The van der Waals surface area contributed by atoms with Crippen molar-refractivity contribution in [3.05, 3.63) is 47.5 Å². The lowest BCUT2D eigenvalue weighted by molar-refractivity contribution is -0.0504. The summed E-state index contributed by atoms with van der Waals surface area (Å²) < 4.78 is 14.8. The number of likely N-dealkylation sites (N-methyl/N-ethyl adjacent to an activating group) is 1. The molecule has 0 spiro atoms. The Morgan fingerprint density at radius 1 is 1.19 bits per heavy atom. The molecule has 36 heavy (non-hydrogen) atoms. The summed E-state index contributed by atoms with van der Waals surface area (Å²) in [7, 11) is 0. The fourth-order valence-electron chi connectivity index (χ4n) is 5.79. The van der Waals surface area contributed by atoms with Crippen LogP contribution in [0.1, 0.15) is 60.5 Å². The van der Waals surface area contributed by atoms with Crippen molar-refractivity contribution < 1.29 is 19.1 Å². The molecule has 1 aliphatic carbocycles. The summed E-state index contributed by atoms with van der Waals surface area (Å²) in [6.45, 7) is 6.80. The average Bonchev–Trinajstić information content (AvgIpc) is 3.54. The van der Waals surface area contributed by atoms with E-state index >= 15 is 0 Å². The highest BCUT2D eigenvalue weighted by Gasteiger charge is 2.47. The summed E-state index contributed by atoms with van der Waals surface area (Å²) in [5.41, 5.74) is 0.659. The first-order chi connectivity index (χ1) is 17.3. The van der Waals surface area contributed by atoms with Crippen molar-refractivity contribution in [2.24, 2.45) is 0 Å². The molecule has 2 atom stereocenters. The maximum atomic E-state index is 13.4. The van der Waals surface area contributed by atoms with Crippen molar-refractivity contribution in [2.75, 3.05) is 37.6 Å². The average molecular weight is 499 g/mol. The van der Waals surface area contributed by atoms with Crippen molar-refractivity contribution >= 4 is 17.5 Å². The lowest BCUT2D eigenvalue weighted by atomic mass is 9.93. The number of fused-ring (bicyclic) bond motifs is 1. The van der Waals surface area contributed by atoms with Crippen LogP contribution >= 0.6 is 0 Å². The molecule has 2 N–H and O–H groups in total. The molecule has 2 amide bonds. The highest BCUT2D eigenvalue weighted by molar-refractivity contribution is 5.98. The van der Waals surface area contributed by atoms with Crippen LogP contribution in [0.15, 0.2) is 30.3 Å². The molecule has 9 nitrogen and oxygen atoms in total. The van der Waals surface area contributed by atoms with Gasteiger partial charge in [0, 0.05) is 50.5 Å². The zero-order valence-corrected chi connectivity index (χ0v) is 21.0. The molecule has 2 aliphatic heterocycles. The molecule has 10 heteroatoms. The van der Waals surface area contributed by atoms with Crippen LogP contribution in [-0.2, 0) is 6.54 Å². The zero-order chi connectivity index (χ0) is 25.4. The minimum Gasteiger partial charge on any atom is -0.376 e. The van der Waals surface area contributed by atoms with Crippen LogP contribution in [0.5, 0.6) is 0 Å². The number of aliphatic hydroxyl groups excluding tert-OH is 1. The molecule has 5 rings (SSSR count). The first-order valence-electron chi connectivity index (χ1n) is 12.9. The predicted octanol–water partition coefficient (Wildman–Crippen LogP) is 2.07. The SMILES string of the molecule is CCN1C(=O)c2cc(C(=O)N3CCN(c4ccc(F)cc4)CC3)nn2CC1(C)C(O)NC1CCCC1. The minimum absolute atomic E-state index is 0.210. The molecule has 1 aromatic carbocycles. The molecule has 2 unspecified atom stereocenters. The predicted molar refractivity (Wildman–Crippen MR) is 133 cm³/mol. The Kier molecular flexibility index (Phi) is 6.74. The van der Waals surface area contributed by atoms with Crippen LogP contribution in [0, 0.1) is 5.82 Å². The van der Waals surface area contributed by atoms with Gasteiger partial charge < -0.3 is 19.8 Å². The number of benzene rings is 1. The molecular weight excluding hydrogens is 463 g/mol. The van der Waals surface area contributed by atoms with Gasteiger partial charge in [-0.1, -0.05) is 12.8 Å². The number of halogens is 1. The molecule has 1 aromatic heterocycles. The van der Waals surface area contributed by atoms with Crippen molar-refractivity contribution in [1.29, 1.82) is 0 Å². The number of anilines is 1. The summed E-state index contributed by atoms with van der Waals surface area (Å²) in [5.74, 6) is -0.713. The van der Waals surface area contributed by atoms with E-state index < -0.39 is 11.8 Å². The largest absolute Gasteiger partial charge is 0.376 e. The van der Waals surface area contributed by atoms with Gasteiger partial charge in [-0.25, -0.2) is 4.39 Å². The van der Waals surface area contributed by atoms with Gasteiger partial charge in [0.2, 0.25) is 0 Å². The number of carbonyl (C=O) groups excluding carboxylic acids is 2. The second-order valence-corrected chi connectivity index (χ2v) is 10.3. The Hall–Kier alpha value is -2.98. The van der Waals surface area contributed by atoms with Gasteiger partial charge in [0.15, 0.2) is 5.69 Å². The van der Waals surface area contributed by atoms with E-state index in [1.807, 2.05) is 13.8 Å². The van der Waals surface area contributed by atoms with Crippen molar-refractivity contribution in [1.82, 2.24) is 24.9 Å². The quantitative estimate of drug-likeness (QED) is 0.593. The monoisotopic (exact) mass is 498 g/mol. The van der Waals surface area contributed by atoms with E-state index in [9.17, 15) is 19.1 Å². The van der Waals surface area contributed by atoms with E-state index in [4.69, 9.17) is 0 Å². The Morgan fingerprint density at radius 3 is 2.50 bits per heavy atom. The lowest BCUT2D eigenvalue weighted by Crippen LogP contribution is -2.66. The molecule has 0 radical (unpaired) electrons. The normalized spacial score (nSPS) is 23.8. The van der Waals surface area contributed by atoms with E-state index in [-0.39, 0.29) is 29.4 Å². The number of amides is 2. The molecule has 0 bridgehead atoms. The van der Waals surface area contributed by atoms with Crippen molar-refractivity contribution in [3.63, 3.8) is 0 Å². The van der Waals surface area contributed by atoms with Crippen LogP contribution in [0.3, 0.4) is 0 Å². The van der Waals surface area contributed by atoms with Crippen molar-refractivity contribution in [2.45, 2.75) is 63.9 Å². The smallest absolute Gasteiger partial charge is 0.274 e. The number of nitrogens with one attached hydrogen (secondary N) is 1. The second-order valence-electron chi connectivity index (χ2n) is 10.3. The van der Waals surface area contributed by atoms with Gasteiger partial charge in [0.05, 0.1) is 12.1 Å². The van der Waals surface area contributed by atoms with Crippen LogP contribution in [0.25, 0.3) is 0 Å². The van der Waals surface area contributed by atoms with Crippen molar-refractivity contribution in [3.8, 4) is 0 Å². The fourth-order valence-corrected chi connectivity index (χ4v) is 5.79. The maximum Gasteiger partial charge on any atom is 0.274 e. The van der Waals surface area contributed by atoms with E-state index in [1.54, 1.807) is 32.7 Å². The Labute approximate surface area is 210 Å². The second kappa shape index (κ2) is 9.82. The third-order valence-corrected chi connectivity index (χ3v) is 7.96. The van der Waals surface area contributed by atoms with Gasteiger partial charge >= 0.3 is 0 Å². The molecule has 3 heterocycles. The number of rotatable bonds is 6. The van der Waals surface area contributed by atoms with Crippen LogP contribution < -0.4 is 10.2 Å². The van der Waals surface area contributed by atoms with Gasteiger partial charge in [0.25, 0.3) is 11.8 Å². The summed E-state index contributed by atoms with van der Waals surface area (Å²) in [5, 5.41) is 19.0. The third-order valence-electron chi connectivity index (χ3n) is 7.96. The number of hydrogen-bond donors (Lipinski definition) is 2. The first-order valence-corrected chi connectivity index (χ1v) is 12.9. The molecule has 2 fully saturated rings. The number of aromatic nitrogens is 2. The molecule has 2 aromatic rings. The number of hydrogen-bond acceptors (Lipinski definition) is 6. The topological polar surface area (TPSA) is 93.9 Å². The molecule has 3 aliphatic rings. The standard InChI is InChI=1S/C26H35FN6O3/c1-3-32-24(35)22-16-21(29-33(22)17-26(32,2)25(36)28-19-6-4-5-7-19)23(34)31-14-12-30(13-15-31)20-10-8-18(27)9-11-20/h8-11,16,19,25,28,36H,3-7,12-15,17H2,1-2H3. The zero-order valence-electron chi connectivity index (χ0n) is 21.0. The molecular formula is C26H35FN6O3. The highest BCUT2D eigenvalue weighted by Crippen LogP contribution is 2.31. The van der Waals surface area contributed by atoms with E-state index in [0.717, 1.165) is 31.4 Å². The summed E-state index contributed by atoms with van der Waals surface area (Å²) in [6, 6.07) is 8.19. The van der Waals surface area contributed by atoms with E-state index in [1.165, 1.54) is 12.1 Å². The molecule has 1 saturated carbocycles. The van der Waals surface area contributed by atoms with Crippen LogP contribution in [0.4, 0.5) is 10.1 Å². The summed E-state index contributed by atoms with van der Waals surface area (Å²) in [6.07, 6.45) is 3.43. The van der Waals surface area contributed by atoms with Gasteiger partial charge in [-0.2, -0.15) is 5.10 Å².